The van der Waals surface area contributed by atoms with Crippen LogP contribution in [0.3, 0.4) is 0 Å². The van der Waals surface area contributed by atoms with E-state index in [0.29, 0.717) is 0 Å². The van der Waals surface area contributed by atoms with Crippen LogP contribution in [-0.2, 0) is 12.8 Å². The van der Waals surface area contributed by atoms with Crippen LogP contribution in [0.15, 0.2) is 71.5 Å². The van der Waals surface area contributed by atoms with Crippen LogP contribution >= 0.6 is 11.3 Å². The Hall–Kier alpha value is -2.45. The van der Waals surface area contributed by atoms with Gasteiger partial charge < -0.3 is 0 Å². The van der Waals surface area contributed by atoms with Crippen molar-refractivity contribution in [2.24, 2.45) is 0 Å². The monoisotopic (exact) mass is 344 g/mol. The van der Waals surface area contributed by atoms with Crippen LogP contribution in [0.2, 0.25) is 0 Å². The van der Waals surface area contributed by atoms with Gasteiger partial charge in [0.05, 0.1) is 0 Å². The summed E-state index contributed by atoms with van der Waals surface area (Å²) in [4.78, 5) is 13.3. The first kappa shape index (κ1) is 16.0. The molecule has 25 heavy (non-hydrogen) atoms. The predicted octanol–water partition coefficient (Wildman–Crippen LogP) is 5.96. The third kappa shape index (κ3) is 2.98. The Morgan fingerprint density at radius 2 is 1.60 bits per heavy atom. The van der Waals surface area contributed by atoms with Gasteiger partial charge in [-0.25, -0.2) is 0 Å². The molecule has 1 heterocycles. The highest BCUT2D eigenvalue weighted by Crippen LogP contribution is 2.30. The molecule has 0 aliphatic rings. The highest BCUT2D eigenvalue weighted by atomic mass is 32.1. The van der Waals surface area contributed by atoms with Gasteiger partial charge in [0.15, 0.2) is 5.43 Å². The fourth-order valence-corrected chi connectivity index (χ4v) is 4.61. The summed E-state index contributed by atoms with van der Waals surface area (Å²) in [6, 6.07) is 22.7. The Balaban J connectivity index is 2.03. The van der Waals surface area contributed by atoms with E-state index in [9.17, 15) is 4.79 Å². The van der Waals surface area contributed by atoms with Crippen LogP contribution in [0.5, 0.6) is 0 Å². The lowest BCUT2D eigenvalue weighted by Crippen LogP contribution is -2.07. The maximum absolute atomic E-state index is 13.3. The van der Waals surface area contributed by atoms with E-state index in [1.807, 2.05) is 30.3 Å². The molecule has 0 radical (unpaired) electrons. The Kier molecular flexibility index (Phi) is 4.37. The average molecular weight is 344 g/mol. The van der Waals surface area contributed by atoms with Crippen LogP contribution in [0.4, 0.5) is 0 Å². The molecule has 4 aromatic rings. The number of benzene rings is 3. The molecule has 124 valence electrons. The maximum atomic E-state index is 13.3. The molecule has 0 fully saturated rings. The molecule has 0 aliphatic carbocycles. The summed E-state index contributed by atoms with van der Waals surface area (Å²) < 4.78 is 2.16. The standard InChI is InChI=1S/C23H20OS/c1-2-8-17-13-14-21-22(19(17)15-16-9-4-3-5-10-16)23(24)18-11-6-7-12-20(18)25-21/h3-7,9-14H,2,8,15H2,1H3. The molecule has 0 amide bonds. The van der Waals surface area contributed by atoms with Gasteiger partial charge in [0.25, 0.3) is 0 Å². The molecule has 1 nitrogen and oxygen atoms in total. The van der Waals surface area contributed by atoms with E-state index in [1.54, 1.807) is 11.3 Å². The number of rotatable bonds is 4. The summed E-state index contributed by atoms with van der Waals surface area (Å²) in [7, 11) is 0. The molecule has 0 aliphatic heterocycles. The van der Waals surface area contributed by atoms with E-state index in [1.165, 1.54) is 16.7 Å². The van der Waals surface area contributed by atoms with E-state index in [2.05, 4.69) is 43.3 Å². The van der Waals surface area contributed by atoms with Gasteiger partial charge in [-0.15, -0.1) is 11.3 Å². The second kappa shape index (κ2) is 6.81. The van der Waals surface area contributed by atoms with Gasteiger partial charge >= 0.3 is 0 Å². The van der Waals surface area contributed by atoms with Crippen molar-refractivity contribution in [3.63, 3.8) is 0 Å². The molecule has 0 bridgehead atoms. The highest BCUT2D eigenvalue weighted by molar-refractivity contribution is 7.24. The van der Waals surface area contributed by atoms with Crippen molar-refractivity contribution >= 4 is 31.5 Å². The SMILES string of the molecule is CCCc1ccc2sc3ccccc3c(=O)c2c1Cc1ccccc1. The highest BCUT2D eigenvalue weighted by Gasteiger charge is 2.14. The van der Waals surface area contributed by atoms with E-state index in [4.69, 9.17) is 0 Å². The van der Waals surface area contributed by atoms with Crippen molar-refractivity contribution < 1.29 is 0 Å². The van der Waals surface area contributed by atoms with Crippen molar-refractivity contribution in [1.82, 2.24) is 0 Å². The summed E-state index contributed by atoms with van der Waals surface area (Å²) in [6.45, 7) is 2.19. The minimum atomic E-state index is 0.174. The largest absolute Gasteiger partial charge is 0.288 e. The minimum absolute atomic E-state index is 0.174. The number of aryl methyl sites for hydroxylation is 1. The van der Waals surface area contributed by atoms with Crippen LogP contribution in [0.1, 0.15) is 30.0 Å². The van der Waals surface area contributed by atoms with Gasteiger partial charge in [-0.3, -0.25) is 4.79 Å². The minimum Gasteiger partial charge on any atom is -0.288 e. The van der Waals surface area contributed by atoms with Gasteiger partial charge in [-0.2, -0.15) is 0 Å². The second-order valence-electron chi connectivity index (χ2n) is 6.42. The summed E-state index contributed by atoms with van der Waals surface area (Å²) >= 11 is 1.72. The van der Waals surface area contributed by atoms with Gasteiger partial charge in [0.1, 0.15) is 0 Å². The Morgan fingerprint density at radius 1 is 0.840 bits per heavy atom. The third-order valence-electron chi connectivity index (χ3n) is 4.69. The van der Waals surface area contributed by atoms with Gasteiger partial charge in [0, 0.05) is 20.2 Å². The van der Waals surface area contributed by atoms with E-state index < -0.39 is 0 Å². The van der Waals surface area contributed by atoms with Crippen molar-refractivity contribution in [3.05, 3.63) is 93.6 Å². The predicted molar refractivity (Wildman–Crippen MR) is 109 cm³/mol. The summed E-state index contributed by atoms with van der Waals surface area (Å²) in [6.07, 6.45) is 2.90. The van der Waals surface area contributed by atoms with Crippen LogP contribution in [-0.4, -0.2) is 0 Å². The van der Waals surface area contributed by atoms with Crippen molar-refractivity contribution in [2.75, 3.05) is 0 Å². The number of hydrogen-bond donors (Lipinski definition) is 0. The fraction of sp³-hybridized carbons (Fsp3) is 0.174. The first-order valence-electron chi connectivity index (χ1n) is 8.78. The van der Waals surface area contributed by atoms with Crippen LogP contribution in [0, 0.1) is 0 Å². The zero-order valence-electron chi connectivity index (χ0n) is 14.3. The fourth-order valence-electron chi connectivity index (χ4n) is 3.51. The Bertz CT molecular complexity index is 1090. The molecule has 4 rings (SSSR count). The maximum Gasteiger partial charge on any atom is 0.196 e. The van der Waals surface area contributed by atoms with Gasteiger partial charge in [-0.1, -0.05) is 61.9 Å². The summed E-state index contributed by atoms with van der Waals surface area (Å²) in [5.41, 5.74) is 3.94. The third-order valence-corrected chi connectivity index (χ3v) is 5.83. The zero-order chi connectivity index (χ0) is 17.2. The number of hydrogen-bond acceptors (Lipinski definition) is 2. The van der Waals surface area contributed by atoms with Crippen molar-refractivity contribution in [2.45, 2.75) is 26.2 Å². The average Bonchev–Trinajstić information content (AvgIpc) is 2.65. The molecule has 0 atom stereocenters. The number of fused-ring (bicyclic) bond motifs is 2. The lowest BCUT2D eigenvalue weighted by molar-refractivity contribution is 0.908. The molecular formula is C23H20OS. The topological polar surface area (TPSA) is 17.1 Å². The molecule has 2 heteroatoms. The molecule has 1 aromatic heterocycles. The Labute approximate surface area is 151 Å². The molecule has 0 unspecified atom stereocenters. The van der Waals surface area contributed by atoms with Gasteiger partial charge in [0.2, 0.25) is 0 Å². The Morgan fingerprint density at radius 3 is 2.40 bits per heavy atom. The molecule has 0 N–H and O–H groups in total. The summed E-state index contributed by atoms with van der Waals surface area (Å²) in [5.74, 6) is 0. The van der Waals surface area contributed by atoms with E-state index in [0.717, 1.165) is 39.4 Å². The van der Waals surface area contributed by atoms with Crippen molar-refractivity contribution in [3.8, 4) is 0 Å². The van der Waals surface area contributed by atoms with Crippen LogP contribution in [0.25, 0.3) is 20.2 Å². The first-order valence-corrected chi connectivity index (χ1v) is 9.60. The van der Waals surface area contributed by atoms with Gasteiger partial charge in [-0.05, 0) is 47.7 Å². The molecule has 0 saturated carbocycles. The lowest BCUT2D eigenvalue weighted by Gasteiger charge is -2.13. The lowest BCUT2D eigenvalue weighted by atomic mass is 9.93. The normalized spacial score (nSPS) is 11.2. The quantitative estimate of drug-likeness (QED) is 0.418. The molecule has 0 saturated heterocycles. The zero-order valence-corrected chi connectivity index (χ0v) is 15.1. The smallest absolute Gasteiger partial charge is 0.196 e. The first-order chi connectivity index (χ1) is 12.3. The second-order valence-corrected chi connectivity index (χ2v) is 7.50. The summed E-state index contributed by atoms with van der Waals surface area (Å²) in [5, 5.41) is 1.75. The molecular weight excluding hydrogens is 324 g/mol. The van der Waals surface area contributed by atoms with E-state index in [-0.39, 0.29) is 5.43 Å². The molecule has 3 aromatic carbocycles. The van der Waals surface area contributed by atoms with Crippen LogP contribution < -0.4 is 5.43 Å². The van der Waals surface area contributed by atoms with E-state index >= 15 is 0 Å². The van der Waals surface area contributed by atoms with Crippen molar-refractivity contribution in [1.29, 1.82) is 0 Å². The molecule has 0 spiro atoms.